The van der Waals surface area contributed by atoms with Crippen LogP contribution in [-0.2, 0) is 25.5 Å². The predicted octanol–water partition coefficient (Wildman–Crippen LogP) is 2.73. The number of carbonyl (C=O) groups excluding carboxylic acids is 1. The molecule has 0 saturated heterocycles. The first-order chi connectivity index (χ1) is 18.5. The van der Waals surface area contributed by atoms with E-state index in [9.17, 15) is 45.0 Å². The van der Waals surface area contributed by atoms with Crippen LogP contribution < -0.4 is 9.47 Å². The number of carboxylic acids is 2. The van der Waals surface area contributed by atoms with Gasteiger partial charge in [-0.2, -0.15) is 0 Å². The van der Waals surface area contributed by atoms with Crippen molar-refractivity contribution in [3.63, 3.8) is 0 Å². The summed E-state index contributed by atoms with van der Waals surface area (Å²) in [6.07, 6.45) is -2.15. The number of esters is 1. The molecule has 3 atom stereocenters. The third kappa shape index (κ3) is 6.13. The van der Waals surface area contributed by atoms with E-state index in [-0.39, 0.29) is 29.2 Å². The van der Waals surface area contributed by atoms with Crippen molar-refractivity contribution in [3.05, 3.63) is 77.4 Å². The topological polar surface area (TPSA) is 200 Å². The van der Waals surface area contributed by atoms with Gasteiger partial charge < -0.3 is 44.8 Å². The maximum Gasteiger partial charge on any atom is 0.349 e. The Kier molecular flexibility index (Phi) is 7.47. The zero-order chi connectivity index (χ0) is 28.3. The first kappa shape index (κ1) is 26.7. The van der Waals surface area contributed by atoms with Crippen LogP contribution in [0.1, 0.15) is 22.8 Å². The molecular weight excluding hydrogens is 516 g/mol. The highest BCUT2D eigenvalue weighted by atomic mass is 16.6. The normalized spacial score (nSPS) is 16.9. The van der Waals surface area contributed by atoms with E-state index < -0.39 is 53.5 Å². The molecule has 12 heteroatoms. The van der Waals surface area contributed by atoms with E-state index in [1.807, 2.05) is 0 Å². The van der Waals surface area contributed by atoms with Crippen molar-refractivity contribution in [1.82, 2.24) is 0 Å². The lowest BCUT2D eigenvalue weighted by atomic mass is 10.0. The molecule has 4 rings (SSSR count). The van der Waals surface area contributed by atoms with Crippen LogP contribution in [0.5, 0.6) is 34.5 Å². The molecule has 0 bridgehead atoms. The first-order valence-corrected chi connectivity index (χ1v) is 11.4. The highest BCUT2D eigenvalue weighted by Gasteiger charge is 2.38. The zero-order valence-electron chi connectivity index (χ0n) is 19.9. The van der Waals surface area contributed by atoms with Gasteiger partial charge in [0.05, 0.1) is 0 Å². The summed E-state index contributed by atoms with van der Waals surface area (Å²) < 4.78 is 16.5. The van der Waals surface area contributed by atoms with Gasteiger partial charge in [-0.05, 0) is 53.6 Å². The Bertz CT molecular complexity index is 1460. The van der Waals surface area contributed by atoms with Gasteiger partial charge in [-0.15, -0.1) is 0 Å². The summed E-state index contributed by atoms with van der Waals surface area (Å²) in [5, 5.41) is 57.4. The van der Waals surface area contributed by atoms with Crippen molar-refractivity contribution in [2.45, 2.75) is 24.7 Å². The van der Waals surface area contributed by atoms with Crippen LogP contribution in [0.2, 0.25) is 0 Å². The second-order valence-corrected chi connectivity index (χ2v) is 8.49. The molecule has 202 valence electrons. The first-order valence-electron chi connectivity index (χ1n) is 11.4. The van der Waals surface area contributed by atoms with Crippen molar-refractivity contribution in [2.75, 3.05) is 0 Å². The monoisotopic (exact) mass is 538 g/mol. The molecule has 0 aromatic heterocycles. The van der Waals surface area contributed by atoms with Crippen LogP contribution in [0.4, 0.5) is 0 Å². The lowest BCUT2D eigenvalue weighted by Crippen LogP contribution is -2.39. The molecule has 0 unspecified atom stereocenters. The molecule has 0 fully saturated rings. The Morgan fingerprint density at radius 2 is 1.51 bits per heavy atom. The van der Waals surface area contributed by atoms with E-state index in [1.165, 1.54) is 48.5 Å². The summed E-state index contributed by atoms with van der Waals surface area (Å²) in [7, 11) is 0. The lowest BCUT2D eigenvalue weighted by Gasteiger charge is -2.32. The molecule has 0 amide bonds. The molecule has 0 aliphatic carbocycles. The maximum absolute atomic E-state index is 12.3. The third-order valence-electron chi connectivity index (χ3n) is 5.73. The Hall–Kier alpha value is -5.39. The highest BCUT2D eigenvalue weighted by Crippen LogP contribution is 2.41. The number of hydrogen-bond donors (Lipinski definition) is 6. The number of fused-ring (bicyclic) bond motifs is 1. The van der Waals surface area contributed by atoms with Crippen molar-refractivity contribution < 1.29 is 59.2 Å². The van der Waals surface area contributed by atoms with E-state index in [0.717, 1.165) is 18.2 Å². The Morgan fingerprint density at radius 3 is 2.15 bits per heavy atom. The largest absolute Gasteiger partial charge is 0.504 e. The van der Waals surface area contributed by atoms with Gasteiger partial charge in [-0.3, -0.25) is 0 Å². The average Bonchev–Trinajstić information content (AvgIpc) is 2.89. The molecule has 0 spiro atoms. The second kappa shape index (κ2) is 10.9. The molecule has 6 N–H and O–H groups in total. The Balaban J connectivity index is 1.49. The molecule has 3 aromatic rings. The van der Waals surface area contributed by atoms with Crippen LogP contribution in [0, 0.1) is 0 Å². The number of benzene rings is 3. The van der Waals surface area contributed by atoms with Gasteiger partial charge in [0.2, 0.25) is 12.2 Å². The van der Waals surface area contributed by atoms with Gasteiger partial charge in [0.15, 0.2) is 40.6 Å². The second-order valence-electron chi connectivity index (χ2n) is 8.49. The molecule has 39 heavy (non-hydrogen) atoms. The van der Waals surface area contributed by atoms with Crippen LogP contribution >= 0.6 is 0 Å². The number of rotatable bonds is 8. The molecule has 1 aliphatic rings. The van der Waals surface area contributed by atoms with Crippen molar-refractivity contribution in [2.24, 2.45) is 0 Å². The Morgan fingerprint density at radius 1 is 0.821 bits per heavy atom. The van der Waals surface area contributed by atoms with E-state index in [1.54, 1.807) is 0 Å². The zero-order valence-corrected chi connectivity index (χ0v) is 19.9. The minimum absolute atomic E-state index is 0.115. The number of aromatic hydroxyl groups is 4. The number of phenols is 4. The third-order valence-corrected chi connectivity index (χ3v) is 5.73. The van der Waals surface area contributed by atoms with Crippen LogP contribution in [0.15, 0.2) is 60.7 Å². The van der Waals surface area contributed by atoms with Crippen LogP contribution in [0.25, 0.3) is 6.08 Å². The van der Waals surface area contributed by atoms with Crippen LogP contribution in [-0.4, -0.2) is 60.8 Å². The van der Waals surface area contributed by atoms with Gasteiger partial charge in [0, 0.05) is 18.1 Å². The van der Waals surface area contributed by atoms with Crippen molar-refractivity contribution in [3.8, 4) is 34.5 Å². The minimum atomic E-state index is -1.57. The van der Waals surface area contributed by atoms with Gasteiger partial charge in [-0.25, -0.2) is 14.4 Å². The molecule has 3 aromatic carbocycles. The molecule has 12 nitrogen and oxygen atoms in total. The predicted molar refractivity (Wildman–Crippen MR) is 132 cm³/mol. The summed E-state index contributed by atoms with van der Waals surface area (Å²) in [6.45, 7) is 0. The minimum Gasteiger partial charge on any atom is -0.504 e. The highest BCUT2D eigenvalue weighted by molar-refractivity contribution is 5.89. The summed E-state index contributed by atoms with van der Waals surface area (Å²) in [5.41, 5.74) is 0.956. The number of aliphatic carboxylic acids is 2. The summed E-state index contributed by atoms with van der Waals surface area (Å²) in [4.78, 5) is 35.7. The quantitative estimate of drug-likeness (QED) is 0.139. The fourth-order valence-corrected chi connectivity index (χ4v) is 3.79. The van der Waals surface area contributed by atoms with Gasteiger partial charge in [0.1, 0.15) is 0 Å². The maximum atomic E-state index is 12.3. The summed E-state index contributed by atoms with van der Waals surface area (Å²) >= 11 is 0. The van der Waals surface area contributed by atoms with Crippen LogP contribution in [0.3, 0.4) is 0 Å². The number of carbonyl (C=O) groups is 3. The fourth-order valence-electron chi connectivity index (χ4n) is 3.79. The SMILES string of the molecule is O=C(/C=C/c1ccc2c(c1)O[C@@H](c1ccc(O)c(O)c1)[C@@H](C(=O)O)O2)O[C@H](Cc1ccc(O)c(O)c1)C(=O)O. The van der Waals surface area contributed by atoms with E-state index in [0.29, 0.717) is 11.1 Å². The van der Waals surface area contributed by atoms with E-state index in [4.69, 9.17) is 14.2 Å². The smallest absolute Gasteiger partial charge is 0.349 e. The fraction of sp³-hybridized carbons (Fsp3) is 0.148. The number of ether oxygens (including phenoxy) is 3. The Labute approximate surface area is 220 Å². The standard InChI is InChI=1S/C27H22O12/c28-16-5-1-14(9-18(16)30)11-22(26(33)34)37-23(32)8-3-13-2-7-20-21(10-13)39-24(25(38-20)27(35)36)15-4-6-17(29)19(31)12-15/h1-10,12,22,24-25,28-31H,11H2,(H,33,34)(H,35,36)/b8-3+/t22-,24+,25+/m1/s1. The van der Waals surface area contributed by atoms with Crippen molar-refractivity contribution in [1.29, 1.82) is 0 Å². The van der Waals surface area contributed by atoms with E-state index >= 15 is 0 Å². The molecular formula is C27H22O12. The number of phenolic OH excluding ortho intramolecular Hbond substituents is 4. The lowest BCUT2D eigenvalue weighted by molar-refractivity contribution is -0.160. The molecule has 0 radical (unpaired) electrons. The molecule has 1 heterocycles. The van der Waals surface area contributed by atoms with Crippen molar-refractivity contribution >= 4 is 24.0 Å². The van der Waals surface area contributed by atoms with Gasteiger partial charge in [0.25, 0.3) is 0 Å². The molecule has 0 saturated carbocycles. The van der Waals surface area contributed by atoms with Gasteiger partial charge >= 0.3 is 17.9 Å². The van der Waals surface area contributed by atoms with Gasteiger partial charge in [-0.1, -0.05) is 18.2 Å². The summed E-state index contributed by atoms with van der Waals surface area (Å²) in [5.74, 6) is -5.14. The summed E-state index contributed by atoms with van der Waals surface area (Å²) in [6, 6.07) is 11.8. The number of hydrogen-bond acceptors (Lipinski definition) is 10. The molecule has 1 aliphatic heterocycles. The number of carboxylic acid groups (broad SMARTS) is 2. The van der Waals surface area contributed by atoms with E-state index in [2.05, 4.69) is 0 Å². The average molecular weight is 538 g/mol.